The minimum absolute atomic E-state index is 0.0406. The molecule has 0 radical (unpaired) electrons. The van der Waals surface area contributed by atoms with Crippen molar-refractivity contribution in [1.29, 1.82) is 0 Å². The molecule has 0 spiro atoms. The highest BCUT2D eigenvalue weighted by Gasteiger charge is 2.44. The van der Waals surface area contributed by atoms with Crippen LogP contribution in [0.1, 0.15) is 118 Å². The van der Waals surface area contributed by atoms with E-state index < -0.39 is 0 Å². The molecule has 7 nitrogen and oxygen atoms in total. The van der Waals surface area contributed by atoms with Gasteiger partial charge in [-0.2, -0.15) is 0 Å². The zero-order valence-electron chi connectivity index (χ0n) is 29.6. The Morgan fingerprint density at radius 3 is 1.72 bits per heavy atom. The predicted octanol–water partition coefficient (Wildman–Crippen LogP) is 7.68. The molecule has 264 valence electrons. The smallest absolute Gasteiger partial charge is 0.333 e. The van der Waals surface area contributed by atoms with Crippen LogP contribution in [0.2, 0.25) is 0 Å². The van der Waals surface area contributed by atoms with Crippen molar-refractivity contribution in [2.24, 2.45) is 53.3 Å². The first-order valence-electron chi connectivity index (χ1n) is 18.5. The summed E-state index contributed by atoms with van der Waals surface area (Å²) >= 11 is 0. The summed E-state index contributed by atoms with van der Waals surface area (Å²) in [4.78, 5) is 24.1. The molecule has 3 aliphatic carbocycles. The lowest BCUT2D eigenvalue weighted by molar-refractivity contribution is -0.139. The van der Waals surface area contributed by atoms with Crippen LogP contribution >= 0.6 is 0 Å². The minimum Gasteiger partial charge on any atom is -0.462 e. The van der Waals surface area contributed by atoms with Crippen LogP contribution in [0, 0.1) is 53.3 Å². The van der Waals surface area contributed by atoms with Crippen LogP contribution in [-0.4, -0.2) is 61.3 Å². The Morgan fingerprint density at radius 2 is 1.24 bits per heavy atom. The van der Waals surface area contributed by atoms with Crippen molar-refractivity contribution in [3.8, 4) is 0 Å². The Hall–Kier alpha value is -1.70. The second-order valence-corrected chi connectivity index (χ2v) is 15.5. The van der Waals surface area contributed by atoms with Crippen LogP contribution in [0.15, 0.2) is 24.3 Å². The molecule has 0 aromatic heterocycles. The highest BCUT2D eigenvalue weighted by atomic mass is 16.5. The largest absolute Gasteiger partial charge is 0.462 e. The van der Waals surface area contributed by atoms with Crippen LogP contribution in [0.4, 0.5) is 0 Å². The first kappa shape index (κ1) is 38.7. The molecule has 0 saturated heterocycles. The van der Waals surface area contributed by atoms with E-state index >= 15 is 0 Å². The van der Waals surface area contributed by atoms with E-state index in [1.165, 1.54) is 44.9 Å². The molecular formula is C39H66O7. The molecule has 3 aliphatic rings. The summed E-state index contributed by atoms with van der Waals surface area (Å²) in [6.45, 7) is 16.8. The second-order valence-electron chi connectivity index (χ2n) is 15.5. The summed E-state index contributed by atoms with van der Waals surface area (Å²) in [7, 11) is 0. The number of esters is 2. The van der Waals surface area contributed by atoms with Crippen molar-refractivity contribution >= 4 is 11.9 Å². The summed E-state index contributed by atoms with van der Waals surface area (Å²) in [5.74, 6) is 4.52. The molecule has 5 unspecified atom stereocenters. The molecule has 7 heteroatoms. The van der Waals surface area contributed by atoms with Gasteiger partial charge in [-0.05, 0) is 138 Å². The van der Waals surface area contributed by atoms with Crippen LogP contribution in [0.5, 0.6) is 0 Å². The van der Waals surface area contributed by atoms with E-state index in [1.807, 2.05) is 0 Å². The van der Waals surface area contributed by atoms with E-state index in [2.05, 4.69) is 27.0 Å². The molecule has 0 aromatic carbocycles. The van der Waals surface area contributed by atoms with Gasteiger partial charge in [-0.25, -0.2) is 9.59 Å². The average Bonchev–Trinajstić information content (AvgIpc) is 3.03. The molecule has 0 aliphatic heterocycles. The lowest BCUT2D eigenvalue weighted by Gasteiger charge is -2.49. The quantitative estimate of drug-likeness (QED) is 0.0895. The second kappa shape index (κ2) is 20.0. The third-order valence-corrected chi connectivity index (χ3v) is 11.7. The zero-order valence-corrected chi connectivity index (χ0v) is 29.6. The van der Waals surface area contributed by atoms with Crippen molar-refractivity contribution in [3.63, 3.8) is 0 Å². The van der Waals surface area contributed by atoms with Gasteiger partial charge in [-0.15, -0.1) is 0 Å². The van der Waals surface area contributed by atoms with Crippen molar-refractivity contribution < 1.29 is 34.0 Å². The lowest BCUT2D eigenvalue weighted by atomic mass is 9.59. The van der Waals surface area contributed by atoms with Crippen LogP contribution < -0.4 is 0 Å². The number of aliphatic hydroxyl groups excluding tert-OH is 2. The van der Waals surface area contributed by atoms with Gasteiger partial charge in [-0.3, -0.25) is 0 Å². The highest BCUT2D eigenvalue weighted by molar-refractivity contribution is 5.87. The molecule has 46 heavy (non-hydrogen) atoms. The van der Waals surface area contributed by atoms with Crippen LogP contribution in [-0.2, 0) is 23.8 Å². The Labute approximate surface area is 279 Å². The number of carbonyl (C=O) groups excluding carboxylic acids is 2. The Morgan fingerprint density at radius 1 is 0.717 bits per heavy atom. The van der Waals surface area contributed by atoms with Crippen molar-refractivity contribution in [2.75, 3.05) is 33.0 Å². The molecule has 0 bridgehead atoms. The monoisotopic (exact) mass is 646 g/mol. The highest BCUT2D eigenvalue weighted by Crippen LogP contribution is 2.51. The van der Waals surface area contributed by atoms with Crippen LogP contribution in [0.25, 0.3) is 0 Å². The summed E-state index contributed by atoms with van der Waals surface area (Å²) in [6, 6.07) is 0. The number of aliphatic hydroxyl groups is 2. The fourth-order valence-electron chi connectivity index (χ4n) is 8.94. The average molecular weight is 647 g/mol. The van der Waals surface area contributed by atoms with Gasteiger partial charge >= 0.3 is 11.9 Å². The predicted molar refractivity (Wildman–Crippen MR) is 183 cm³/mol. The van der Waals surface area contributed by atoms with E-state index in [0.29, 0.717) is 67.0 Å². The standard InChI is InChI=1S/C39H66O7/c1-26(2)38(42)45-18-7-9-33-22-35(36-16-15-32(21-29(36)6)31-13-11-28(5)12-14-31)23-34(10-8-19-46-39(43)27(3)4)37(33)44-20-17-30(24-40)25-41/h28-37,40-41H,1,3,7-25H2,2,4-6H3. The molecule has 3 saturated carbocycles. The topological polar surface area (TPSA) is 102 Å². The van der Waals surface area contributed by atoms with Gasteiger partial charge in [0.05, 0.1) is 19.3 Å². The van der Waals surface area contributed by atoms with E-state index in [9.17, 15) is 19.8 Å². The molecule has 3 rings (SSSR count). The molecule has 0 amide bonds. The maximum absolute atomic E-state index is 12.0. The van der Waals surface area contributed by atoms with Gasteiger partial charge < -0.3 is 24.4 Å². The third-order valence-electron chi connectivity index (χ3n) is 11.7. The van der Waals surface area contributed by atoms with Gasteiger partial charge in [0.25, 0.3) is 0 Å². The third kappa shape index (κ3) is 12.1. The molecule has 3 fully saturated rings. The minimum atomic E-state index is -0.339. The lowest BCUT2D eigenvalue weighted by Crippen LogP contribution is -2.44. The van der Waals surface area contributed by atoms with E-state index in [0.717, 1.165) is 56.3 Å². The van der Waals surface area contributed by atoms with Crippen LogP contribution in [0.3, 0.4) is 0 Å². The fraction of sp³-hybridized carbons (Fsp3) is 0.846. The van der Waals surface area contributed by atoms with Crippen molar-refractivity contribution in [3.05, 3.63) is 24.3 Å². The first-order valence-corrected chi connectivity index (χ1v) is 18.5. The van der Waals surface area contributed by atoms with Crippen molar-refractivity contribution in [2.45, 2.75) is 124 Å². The zero-order chi connectivity index (χ0) is 33.6. The van der Waals surface area contributed by atoms with Gasteiger partial charge in [0.15, 0.2) is 0 Å². The molecule has 2 N–H and O–H groups in total. The number of ether oxygens (including phenoxy) is 3. The van der Waals surface area contributed by atoms with Gasteiger partial charge in [0.2, 0.25) is 0 Å². The summed E-state index contributed by atoms with van der Waals surface area (Å²) in [6.07, 6.45) is 15.9. The first-order chi connectivity index (χ1) is 22.0. The number of hydrogen-bond donors (Lipinski definition) is 2. The molecule has 5 atom stereocenters. The summed E-state index contributed by atoms with van der Waals surface area (Å²) < 4.78 is 17.6. The molecule has 0 aromatic rings. The number of hydrogen-bond acceptors (Lipinski definition) is 7. The molecular weight excluding hydrogens is 580 g/mol. The maximum Gasteiger partial charge on any atom is 0.333 e. The van der Waals surface area contributed by atoms with E-state index in [4.69, 9.17) is 14.2 Å². The maximum atomic E-state index is 12.0. The van der Waals surface area contributed by atoms with Gasteiger partial charge in [-0.1, -0.05) is 39.8 Å². The SMILES string of the molecule is C=C(C)C(=O)OCCCC1CC(C2CCC(C3CCC(C)CC3)CC2C)CC(CCCOC(=O)C(=C)C)C1OCCC(CO)CO. The van der Waals surface area contributed by atoms with Gasteiger partial charge in [0.1, 0.15) is 0 Å². The summed E-state index contributed by atoms with van der Waals surface area (Å²) in [5.41, 5.74) is 0.835. The molecule has 0 heterocycles. The Balaban J connectivity index is 1.72. The van der Waals surface area contributed by atoms with E-state index in [1.54, 1.807) is 13.8 Å². The summed E-state index contributed by atoms with van der Waals surface area (Å²) in [5, 5.41) is 19.3. The van der Waals surface area contributed by atoms with Crippen molar-refractivity contribution in [1.82, 2.24) is 0 Å². The van der Waals surface area contributed by atoms with E-state index in [-0.39, 0.29) is 37.2 Å². The van der Waals surface area contributed by atoms with Gasteiger partial charge in [0, 0.05) is 36.9 Å². The number of carbonyl (C=O) groups is 2. The Bertz CT molecular complexity index is 906. The normalized spacial score (nSPS) is 31.8. The Kier molecular flexibility index (Phi) is 16.8. The fourth-order valence-corrected chi connectivity index (χ4v) is 8.94. The number of rotatable bonds is 18.